The first-order valence-corrected chi connectivity index (χ1v) is 8.74. The highest BCUT2D eigenvalue weighted by Crippen LogP contribution is 2.25. The van der Waals surface area contributed by atoms with Crippen LogP contribution in [-0.4, -0.2) is 23.5 Å². The van der Waals surface area contributed by atoms with E-state index in [1.54, 1.807) is 6.20 Å². The zero-order valence-corrected chi connectivity index (χ0v) is 14.2. The van der Waals surface area contributed by atoms with Crippen LogP contribution in [0, 0.1) is 12.8 Å². The molecular formula is C20H25N3O. The standard InChI is InChI=1S/C20H25N3O/c1-15-19(8-5-13-21-15)20(24)23-18-11-9-16(10-12-18)14-22-17-6-3-2-4-7-17/h2-8,13,16,18,22H,9-12,14H2,1H3,(H,23,24)/t16-,18-. The number of nitrogens with one attached hydrogen (secondary N) is 2. The van der Waals surface area contributed by atoms with E-state index in [1.165, 1.54) is 5.69 Å². The molecule has 0 saturated heterocycles. The maximum atomic E-state index is 12.4. The Labute approximate surface area is 143 Å². The minimum absolute atomic E-state index is 0.00598. The lowest BCUT2D eigenvalue weighted by molar-refractivity contribution is 0.0921. The second-order valence-corrected chi connectivity index (χ2v) is 6.57. The van der Waals surface area contributed by atoms with E-state index in [0.717, 1.165) is 37.9 Å². The summed E-state index contributed by atoms with van der Waals surface area (Å²) in [5.41, 5.74) is 2.65. The number of hydrogen-bond donors (Lipinski definition) is 2. The van der Waals surface area contributed by atoms with Crippen molar-refractivity contribution in [1.29, 1.82) is 0 Å². The van der Waals surface area contributed by atoms with Gasteiger partial charge in [-0.2, -0.15) is 0 Å². The summed E-state index contributed by atoms with van der Waals surface area (Å²) in [6.45, 7) is 2.88. The first kappa shape index (κ1) is 16.5. The molecule has 1 saturated carbocycles. The molecule has 2 N–H and O–H groups in total. The normalized spacial score (nSPS) is 20.4. The van der Waals surface area contributed by atoms with Crippen molar-refractivity contribution < 1.29 is 4.79 Å². The molecule has 0 atom stereocenters. The van der Waals surface area contributed by atoms with Gasteiger partial charge in [0.2, 0.25) is 0 Å². The number of aromatic nitrogens is 1. The molecule has 0 bridgehead atoms. The maximum Gasteiger partial charge on any atom is 0.253 e. The topological polar surface area (TPSA) is 54.0 Å². The number of anilines is 1. The first-order valence-electron chi connectivity index (χ1n) is 8.74. The number of nitrogens with zero attached hydrogens (tertiary/aromatic N) is 1. The Balaban J connectivity index is 1.44. The zero-order chi connectivity index (χ0) is 16.8. The van der Waals surface area contributed by atoms with Gasteiger partial charge in [0.05, 0.1) is 5.56 Å². The van der Waals surface area contributed by atoms with E-state index < -0.39 is 0 Å². The highest BCUT2D eigenvalue weighted by Gasteiger charge is 2.23. The van der Waals surface area contributed by atoms with Crippen LogP contribution in [0.15, 0.2) is 48.7 Å². The van der Waals surface area contributed by atoms with E-state index in [4.69, 9.17) is 0 Å². The van der Waals surface area contributed by atoms with E-state index in [1.807, 2.05) is 25.1 Å². The van der Waals surface area contributed by atoms with E-state index in [2.05, 4.69) is 39.9 Å². The van der Waals surface area contributed by atoms with Gasteiger partial charge >= 0.3 is 0 Å². The van der Waals surface area contributed by atoms with Gasteiger partial charge in [-0.25, -0.2) is 0 Å². The number of carbonyl (C=O) groups excluding carboxylic acids is 1. The molecule has 3 rings (SSSR count). The summed E-state index contributed by atoms with van der Waals surface area (Å²) in [4.78, 5) is 16.6. The lowest BCUT2D eigenvalue weighted by Crippen LogP contribution is -2.38. The molecule has 0 unspecified atom stereocenters. The van der Waals surface area contributed by atoms with Crippen molar-refractivity contribution in [3.63, 3.8) is 0 Å². The SMILES string of the molecule is Cc1ncccc1C(=O)N[C@H]1CC[C@H](CNc2ccccc2)CC1. The fourth-order valence-electron chi connectivity index (χ4n) is 3.32. The van der Waals surface area contributed by atoms with Crippen molar-refractivity contribution >= 4 is 11.6 Å². The summed E-state index contributed by atoms with van der Waals surface area (Å²) in [5.74, 6) is 0.685. The largest absolute Gasteiger partial charge is 0.385 e. The zero-order valence-electron chi connectivity index (χ0n) is 14.2. The molecule has 4 heteroatoms. The summed E-state index contributed by atoms with van der Waals surface area (Å²) in [6, 6.07) is 14.3. The van der Waals surface area contributed by atoms with Crippen LogP contribution in [0.3, 0.4) is 0 Å². The van der Waals surface area contributed by atoms with Crippen LogP contribution >= 0.6 is 0 Å². The van der Waals surface area contributed by atoms with Crippen molar-refractivity contribution in [1.82, 2.24) is 10.3 Å². The van der Waals surface area contributed by atoms with Crippen molar-refractivity contribution in [2.24, 2.45) is 5.92 Å². The molecule has 1 aromatic carbocycles. The molecule has 0 aliphatic heterocycles. The van der Waals surface area contributed by atoms with Gasteiger partial charge < -0.3 is 10.6 Å². The lowest BCUT2D eigenvalue weighted by atomic mass is 9.86. The molecule has 1 amide bonds. The highest BCUT2D eigenvalue weighted by molar-refractivity contribution is 5.95. The molecule has 2 aromatic rings. The highest BCUT2D eigenvalue weighted by atomic mass is 16.1. The second kappa shape index (κ2) is 7.95. The lowest BCUT2D eigenvalue weighted by Gasteiger charge is -2.29. The Morgan fingerprint density at radius 3 is 2.54 bits per heavy atom. The molecule has 24 heavy (non-hydrogen) atoms. The monoisotopic (exact) mass is 323 g/mol. The summed E-state index contributed by atoms with van der Waals surface area (Å²) < 4.78 is 0. The van der Waals surface area contributed by atoms with Crippen LogP contribution < -0.4 is 10.6 Å². The smallest absolute Gasteiger partial charge is 0.253 e. The van der Waals surface area contributed by atoms with Crippen molar-refractivity contribution in [2.75, 3.05) is 11.9 Å². The number of para-hydroxylation sites is 1. The van der Waals surface area contributed by atoms with E-state index in [-0.39, 0.29) is 11.9 Å². The predicted molar refractivity (Wildman–Crippen MR) is 97.1 cm³/mol. The maximum absolute atomic E-state index is 12.4. The molecule has 1 aliphatic carbocycles. The Morgan fingerprint density at radius 1 is 1.08 bits per heavy atom. The van der Waals surface area contributed by atoms with Gasteiger partial charge in [-0.15, -0.1) is 0 Å². The average Bonchev–Trinajstić information content (AvgIpc) is 2.62. The van der Waals surface area contributed by atoms with Gasteiger partial charge in [-0.3, -0.25) is 9.78 Å². The minimum atomic E-state index is 0.00598. The third kappa shape index (κ3) is 4.34. The van der Waals surface area contributed by atoms with Crippen LogP contribution in [0.2, 0.25) is 0 Å². The number of benzene rings is 1. The van der Waals surface area contributed by atoms with Crippen LogP contribution in [0.5, 0.6) is 0 Å². The Kier molecular flexibility index (Phi) is 5.47. The molecule has 1 heterocycles. The predicted octanol–water partition coefficient (Wildman–Crippen LogP) is 3.79. The molecule has 0 radical (unpaired) electrons. The number of amides is 1. The second-order valence-electron chi connectivity index (χ2n) is 6.57. The van der Waals surface area contributed by atoms with Crippen molar-refractivity contribution in [3.8, 4) is 0 Å². The van der Waals surface area contributed by atoms with Gasteiger partial charge in [0.1, 0.15) is 0 Å². The van der Waals surface area contributed by atoms with Gasteiger partial charge in [0.15, 0.2) is 0 Å². The van der Waals surface area contributed by atoms with Crippen LogP contribution in [0.1, 0.15) is 41.7 Å². The van der Waals surface area contributed by atoms with Crippen molar-refractivity contribution in [3.05, 3.63) is 59.9 Å². The van der Waals surface area contributed by atoms with Crippen molar-refractivity contribution in [2.45, 2.75) is 38.6 Å². The van der Waals surface area contributed by atoms with Crippen LogP contribution in [-0.2, 0) is 0 Å². The summed E-state index contributed by atoms with van der Waals surface area (Å²) in [6.07, 6.45) is 6.11. The Hall–Kier alpha value is -2.36. The third-order valence-electron chi connectivity index (χ3n) is 4.80. The Morgan fingerprint density at radius 2 is 1.83 bits per heavy atom. The quantitative estimate of drug-likeness (QED) is 0.880. The molecule has 126 valence electrons. The Bertz CT molecular complexity index is 664. The number of hydrogen-bond acceptors (Lipinski definition) is 3. The molecule has 0 spiro atoms. The number of pyridine rings is 1. The van der Waals surface area contributed by atoms with E-state index in [9.17, 15) is 4.79 Å². The molecule has 1 fully saturated rings. The molecule has 4 nitrogen and oxygen atoms in total. The van der Waals surface area contributed by atoms with Gasteiger partial charge in [0.25, 0.3) is 5.91 Å². The summed E-state index contributed by atoms with van der Waals surface area (Å²) >= 11 is 0. The number of aryl methyl sites for hydroxylation is 1. The third-order valence-corrected chi connectivity index (χ3v) is 4.80. The number of carbonyl (C=O) groups is 1. The number of rotatable bonds is 5. The van der Waals surface area contributed by atoms with Gasteiger partial charge in [0, 0.05) is 30.2 Å². The molecular weight excluding hydrogens is 298 g/mol. The fourth-order valence-corrected chi connectivity index (χ4v) is 3.32. The summed E-state index contributed by atoms with van der Waals surface area (Å²) in [7, 11) is 0. The average molecular weight is 323 g/mol. The molecule has 1 aliphatic rings. The molecule has 1 aromatic heterocycles. The minimum Gasteiger partial charge on any atom is -0.385 e. The fraction of sp³-hybridized carbons (Fsp3) is 0.400. The van der Waals surface area contributed by atoms with Crippen LogP contribution in [0.4, 0.5) is 5.69 Å². The van der Waals surface area contributed by atoms with Crippen LogP contribution in [0.25, 0.3) is 0 Å². The summed E-state index contributed by atoms with van der Waals surface area (Å²) in [5, 5.41) is 6.68. The van der Waals surface area contributed by atoms with Gasteiger partial charge in [-0.05, 0) is 62.8 Å². The van der Waals surface area contributed by atoms with Gasteiger partial charge in [-0.1, -0.05) is 18.2 Å². The van der Waals surface area contributed by atoms with E-state index in [0.29, 0.717) is 11.5 Å². The van der Waals surface area contributed by atoms with E-state index >= 15 is 0 Å². The first-order chi connectivity index (χ1) is 11.7.